The first-order valence-corrected chi connectivity index (χ1v) is 6.58. The minimum Gasteiger partial charge on any atom is -0.318 e. The van der Waals surface area contributed by atoms with Crippen LogP contribution in [0.2, 0.25) is 0 Å². The number of aromatic nitrogens is 5. The maximum Gasteiger partial charge on any atom is 0.281 e. The van der Waals surface area contributed by atoms with Crippen molar-refractivity contribution in [2.45, 2.75) is 24.4 Å². The predicted octanol–water partition coefficient (Wildman–Crippen LogP) is -0.252. The highest BCUT2D eigenvalue weighted by atomic mass is 32.2. The van der Waals surface area contributed by atoms with Crippen molar-refractivity contribution in [2.24, 2.45) is 0 Å². The van der Waals surface area contributed by atoms with E-state index in [9.17, 15) is 8.42 Å². The summed E-state index contributed by atoms with van der Waals surface area (Å²) in [7, 11) is -3.65. The summed E-state index contributed by atoms with van der Waals surface area (Å²) in [4.78, 5) is 7.81. The van der Waals surface area contributed by atoms with Gasteiger partial charge in [0.05, 0.1) is 6.20 Å². The van der Waals surface area contributed by atoms with Crippen LogP contribution in [0.4, 0.5) is 5.95 Å². The number of rotatable bonds is 3. The Labute approximate surface area is 97.1 Å². The molecule has 0 saturated heterocycles. The zero-order valence-electron chi connectivity index (χ0n) is 8.79. The minimum absolute atomic E-state index is 0.0959. The Morgan fingerprint density at radius 1 is 1.41 bits per heavy atom. The highest BCUT2D eigenvalue weighted by molar-refractivity contribution is 7.92. The summed E-state index contributed by atoms with van der Waals surface area (Å²) in [6, 6.07) is 0. The topological polar surface area (TPSA) is 106 Å². The molecule has 2 N–H and O–H groups in total. The zero-order chi connectivity index (χ0) is 11.9. The summed E-state index contributed by atoms with van der Waals surface area (Å²) in [5.74, 6) is 0.904. The molecule has 2 aromatic rings. The van der Waals surface area contributed by atoms with Crippen LogP contribution >= 0.6 is 0 Å². The van der Waals surface area contributed by atoms with E-state index >= 15 is 0 Å². The van der Waals surface area contributed by atoms with Gasteiger partial charge in [-0.1, -0.05) is 0 Å². The van der Waals surface area contributed by atoms with Crippen LogP contribution in [0.5, 0.6) is 0 Å². The first-order valence-electron chi connectivity index (χ1n) is 5.09. The van der Waals surface area contributed by atoms with E-state index in [1.165, 1.54) is 12.5 Å². The summed E-state index contributed by atoms with van der Waals surface area (Å²) in [5, 5.41) is 6.18. The first kappa shape index (κ1) is 10.3. The van der Waals surface area contributed by atoms with E-state index < -0.39 is 10.0 Å². The normalized spacial score (nSPS) is 14.8. The van der Waals surface area contributed by atoms with E-state index in [0.717, 1.165) is 18.7 Å². The van der Waals surface area contributed by atoms with Crippen LogP contribution in [-0.4, -0.2) is 33.2 Å². The average molecular weight is 254 g/mol. The molecule has 0 aliphatic carbocycles. The lowest BCUT2D eigenvalue weighted by molar-refractivity contribution is 0.583. The van der Waals surface area contributed by atoms with Crippen LogP contribution in [0.25, 0.3) is 0 Å². The third-order valence-corrected chi connectivity index (χ3v) is 3.94. The van der Waals surface area contributed by atoms with Crippen LogP contribution < -0.4 is 4.72 Å². The monoisotopic (exact) mass is 254 g/mol. The SMILES string of the molecule is O=S(=O)(Nc1ncn[nH]1)c1cnc2n1CCC2. The molecule has 0 amide bonds. The van der Waals surface area contributed by atoms with E-state index in [2.05, 4.69) is 24.9 Å². The first-order chi connectivity index (χ1) is 8.17. The van der Waals surface area contributed by atoms with Crippen molar-refractivity contribution >= 4 is 16.0 Å². The molecule has 8 nitrogen and oxygen atoms in total. The van der Waals surface area contributed by atoms with Crippen molar-refractivity contribution in [3.05, 3.63) is 18.3 Å². The van der Waals surface area contributed by atoms with Gasteiger partial charge < -0.3 is 4.57 Å². The minimum atomic E-state index is -3.65. The van der Waals surface area contributed by atoms with Crippen molar-refractivity contribution in [3.8, 4) is 0 Å². The van der Waals surface area contributed by atoms with Crippen LogP contribution in [-0.2, 0) is 23.0 Å². The van der Waals surface area contributed by atoms with E-state index in [1.54, 1.807) is 4.57 Å². The fraction of sp³-hybridized carbons (Fsp3) is 0.375. The Hall–Kier alpha value is -1.90. The molecule has 0 spiro atoms. The van der Waals surface area contributed by atoms with Gasteiger partial charge in [0.1, 0.15) is 12.2 Å². The molecule has 9 heteroatoms. The summed E-state index contributed by atoms with van der Waals surface area (Å²) in [5.41, 5.74) is 0. The van der Waals surface area contributed by atoms with Gasteiger partial charge in [-0.25, -0.2) is 14.8 Å². The van der Waals surface area contributed by atoms with E-state index in [0.29, 0.717) is 6.54 Å². The third kappa shape index (κ3) is 1.68. The molecule has 0 aromatic carbocycles. The van der Waals surface area contributed by atoms with E-state index in [4.69, 9.17) is 0 Å². The number of H-pyrrole nitrogens is 1. The molecular weight excluding hydrogens is 244 g/mol. The molecule has 90 valence electrons. The van der Waals surface area contributed by atoms with Gasteiger partial charge in [0.25, 0.3) is 10.0 Å². The van der Waals surface area contributed by atoms with Gasteiger partial charge in [-0.05, 0) is 6.42 Å². The molecule has 0 bridgehead atoms. The van der Waals surface area contributed by atoms with Crippen molar-refractivity contribution in [1.29, 1.82) is 0 Å². The molecule has 0 radical (unpaired) electrons. The predicted molar refractivity (Wildman–Crippen MR) is 57.7 cm³/mol. The summed E-state index contributed by atoms with van der Waals surface area (Å²) < 4.78 is 28.1. The second-order valence-electron chi connectivity index (χ2n) is 3.71. The van der Waals surface area contributed by atoms with Crippen molar-refractivity contribution in [1.82, 2.24) is 24.7 Å². The highest BCUT2D eigenvalue weighted by Gasteiger charge is 2.25. The Balaban J connectivity index is 1.97. The number of nitrogens with one attached hydrogen (secondary N) is 2. The number of nitrogens with zero attached hydrogens (tertiary/aromatic N) is 4. The number of aryl methyl sites for hydroxylation is 1. The lowest BCUT2D eigenvalue weighted by Gasteiger charge is -2.06. The van der Waals surface area contributed by atoms with Gasteiger partial charge in [-0.15, -0.1) is 0 Å². The van der Waals surface area contributed by atoms with Gasteiger partial charge in [0.2, 0.25) is 5.95 Å². The van der Waals surface area contributed by atoms with Crippen molar-refractivity contribution in [3.63, 3.8) is 0 Å². The van der Waals surface area contributed by atoms with Gasteiger partial charge in [-0.3, -0.25) is 0 Å². The molecule has 1 aliphatic heterocycles. The number of hydrogen-bond donors (Lipinski definition) is 2. The van der Waals surface area contributed by atoms with Gasteiger partial charge in [0, 0.05) is 13.0 Å². The second kappa shape index (κ2) is 3.55. The maximum absolute atomic E-state index is 12.1. The molecule has 3 rings (SSSR count). The van der Waals surface area contributed by atoms with Crippen LogP contribution in [0.3, 0.4) is 0 Å². The number of anilines is 1. The molecule has 0 unspecified atom stereocenters. The quantitative estimate of drug-likeness (QED) is 0.785. The largest absolute Gasteiger partial charge is 0.318 e. The number of imidazole rings is 1. The highest BCUT2D eigenvalue weighted by Crippen LogP contribution is 2.20. The fourth-order valence-electron chi connectivity index (χ4n) is 1.88. The van der Waals surface area contributed by atoms with Crippen molar-refractivity contribution in [2.75, 3.05) is 4.72 Å². The Bertz CT molecular complexity index is 629. The van der Waals surface area contributed by atoms with E-state index in [1.807, 2.05) is 0 Å². The molecule has 3 heterocycles. The average Bonchev–Trinajstić information content (AvgIpc) is 2.89. The summed E-state index contributed by atoms with van der Waals surface area (Å²) >= 11 is 0. The van der Waals surface area contributed by atoms with Crippen molar-refractivity contribution < 1.29 is 8.42 Å². The Kier molecular flexibility index (Phi) is 2.15. The third-order valence-electron chi connectivity index (χ3n) is 2.61. The molecule has 0 fully saturated rings. The summed E-state index contributed by atoms with van der Waals surface area (Å²) in [6.45, 7) is 0.683. The molecule has 0 saturated carbocycles. The Morgan fingerprint density at radius 2 is 2.29 bits per heavy atom. The van der Waals surface area contributed by atoms with Crippen LogP contribution in [0, 0.1) is 0 Å². The maximum atomic E-state index is 12.1. The summed E-state index contributed by atoms with van der Waals surface area (Å²) in [6.07, 6.45) is 4.34. The molecular formula is C8H10N6O2S. The standard InChI is InChI=1S/C8H10N6O2S/c15-17(16,13-8-10-5-11-12-8)7-4-9-6-2-1-3-14(6)7/h4-5H,1-3H2,(H2,10,11,12,13). The molecule has 1 aliphatic rings. The molecule has 0 atom stereocenters. The Morgan fingerprint density at radius 3 is 3.06 bits per heavy atom. The molecule has 17 heavy (non-hydrogen) atoms. The fourth-order valence-corrected chi connectivity index (χ4v) is 3.01. The lowest BCUT2D eigenvalue weighted by Crippen LogP contribution is -2.17. The van der Waals surface area contributed by atoms with Crippen LogP contribution in [0.1, 0.15) is 12.2 Å². The number of sulfonamides is 1. The smallest absolute Gasteiger partial charge is 0.281 e. The van der Waals surface area contributed by atoms with Gasteiger partial charge in [-0.2, -0.15) is 18.5 Å². The van der Waals surface area contributed by atoms with Gasteiger partial charge >= 0.3 is 0 Å². The van der Waals surface area contributed by atoms with E-state index in [-0.39, 0.29) is 11.0 Å². The number of hydrogen-bond acceptors (Lipinski definition) is 5. The second-order valence-corrected chi connectivity index (χ2v) is 5.34. The number of fused-ring (bicyclic) bond motifs is 1. The van der Waals surface area contributed by atoms with Gasteiger partial charge in [0.15, 0.2) is 5.03 Å². The van der Waals surface area contributed by atoms with Crippen LogP contribution in [0.15, 0.2) is 17.6 Å². The zero-order valence-corrected chi connectivity index (χ0v) is 9.61. The molecule has 2 aromatic heterocycles. The lowest BCUT2D eigenvalue weighted by atomic mass is 10.4. The number of aromatic amines is 1.